The minimum atomic E-state index is -0.0799. The number of rotatable bonds is 5. The Labute approximate surface area is 191 Å². The number of nitrogens with one attached hydrogen (secondary N) is 1. The molecule has 1 aromatic carbocycles. The number of carbonyl (C=O) groups is 1. The van der Waals surface area contributed by atoms with Crippen molar-refractivity contribution in [1.82, 2.24) is 14.3 Å². The van der Waals surface area contributed by atoms with Gasteiger partial charge in [0.2, 0.25) is 5.91 Å². The number of imidazole rings is 1. The second-order valence-corrected chi connectivity index (χ2v) is 10.1. The van der Waals surface area contributed by atoms with Gasteiger partial charge in [-0.2, -0.15) is 0 Å². The van der Waals surface area contributed by atoms with Gasteiger partial charge in [0.05, 0.1) is 12.1 Å². The van der Waals surface area contributed by atoms with Gasteiger partial charge in [-0.15, -0.1) is 0 Å². The lowest BCUT2D eigenvalue weighted by Gasteiger charge is -2.33. The fourth-order valence-electron chi connectivity index (χ4n) is 4.40. The van der Waals surface area contributed by atoms with Gasteiger partial charge >= 0.3 is 0 Å². The SMILES string of the molecule is CN(C)c1ccc(CC(=O)N2CCC[C@@H](c3nc4ccccn4c3NC(C)(C)C)C2)cc1. The van der Waals surface area contributed by atoms with Crippen LogP contribution >= 0.6 is 0 Å². The third-order valence-corrected chi connectivity index (χ3v) is 6.02. The van der Waals surface area contributed by atoms with Crippen LogP contribution < -0.4 is 10.2 Å². The van der Waals surface area contributed by atoms with Crippen LogP contribution in [-0.4, -0.2) is 52.9 Å². The Hall–Kier alpha value is -3.02. The highest BCUT2D eigenvalue weighted by atomic mass is 16.2. The molecule has 3 aromatic rings. The first-order valence-corrected chi connectivity index (χ1v) is 11.5. The Morgan fingerprint density at radius 3 is 2.59 bits per heavy atom. The summed E-state index contributed by atoms with van der Waals surface area (Å²) in [7, 11) is 4.05. The smallest absolute Gasteiger partial charge is 0.227 e. The highest BCUT2D eigenvalue weighted by Gasteiger charge is 2.30. The molecule has 6 nitrogen and oxygen atoms in total. The van der Waals surface area contributed by atoms with Gasteiger partial charge < -0.3 is 15.1 Å². The third-order valence-electron chi connectivity index (χ3n) is 6.02. The number of fused-ring (bicyclic) bond motifs is 1. The number of pyridine rings is 1. The number of aromatic nitrogens is 2. The molecule has 0 bridgehead atoms. The topological polar surface area (TPSA) is 52.9 Å². The van der Waals surface area contributed by atoms with Gasteiger partial charge in [-0.05, 0) is 63.4 Å². The van der Waals surface area contributed by atoms with Crippen LogP contribution in [-0.2, 0) is 11.2 Å². The molecule has 4 rings (SSSR count). The zero-order valence-corrected chi connectivity index (χ0v) is 19.9. The number of hydrogen-bond donors (Lipinski definition) is 1. The summed E-state index contributed by atoms with van der Waals surface area (Å²) in [5, 5.41) is 3.66. The van der Waals surface area contributed by atoms with Gasteiger partial charge in [0.15, 0.2) is 0 Å². The van der Waals surface area contributed by atoms with Crippen molar-refractivity contribution in [2.24, 2.45) is 0 Å². The Morgan fingerprint density at radius 1 is 1.16 bits per heavy atom. The molecular weight excluding hydrogens is 398 g/mol. The largest absolute Gasteiger partial charge is 0.378 e. The summed E-state index contributed by atoms with van der Waals surface area (Å²) in [5.41, 5.74) is 4.14. The van der Waals surface area contributed by atoms with Crippen LogP contribution in [0.3, 0.4) is 0 Å². The maximum atomic E-state index is 13.1. The van der Waals surface area contributed by atoms with Crippen LogP contribution in [0.4, 0.5) is 11.5 Å². The van der Waals surface area contributed by atoms with Gasteiger partial charge in [-0.25, -0.2) is 4.98 Å². The first-order chi connectivity index (χ1) is 15.2. The summed E-state index contributed by atoms with van der Waals surface area (Å²) in [6.45, 7) is 8.03. The molecule has 1 aliphatic rings. The van der Waals surface area contributed by atoms with Crippen molar-refractivity contribution in [3.8, 4) is 0 Å². The number of carbonyl (C=O) groups excluding carboxylic acids is 1. The summed E-state index contributed by atoms with van der Waals surface area (Å²) >= 11 is 0. The summed E-state index contributed by atoms with van der Waals surface area (Å²) in [6, 6.07) is 14.4. The molecule has 1 aliphatic heterocycles. The number of hydrogen-bond acceptors (Lipinski definition) is 4. The van der Waals surface area contributed by atoms with E-state index in [1.54, 1.807) is 0 Å². The van der Waals surface area contributed by atoms with Crippen molar-refractivity contribution in [3.05, 3.63) is 59.9 Å². The second-order valence-electron chi connectivity index (χ2n) is 10.1. The van der Waals surface area contributed by atoms with Crippen LogP contribution in [0.1, 0.15) is 50.8 Å². The van der Waals surface area contributed by atoms with E-state index in [1.165, 1.54) is 0 Å². The Kier molecular flexibility index (Phi) is 6.13. The maximum Gasteiger partial charge on any atom is 0.227 e. The number of benzene rings is 1. The molecule has 0 spiro atoms. The molecule has 1 fully saturated rings. The summed E-state index contributed by atoms with van der Waals surface area (Å²) in [6.07, 6.45) is 4.55. The third kappa shape index (κ3) is 4.90. The average molecular weight is 434 g/mol. The molecule has 1 atom stereocenters. The first kappa shape index (κ1) is 22.2. The standard InChI is InChI=1S/C26H35N5O/c1-26(2,3)28-25-24(27-22-10-6-7-16-31(22)25)20-9-8-15-30(18-20)23(32)17-19-11-13-21(14-12-19)29(4)5/h6-7,10-14,16,20,28H,8-9,15,17-18H2,1-5H3/t20-/m1/s1. The quantitative estimate of drug-likeness (QED) is 0.641. The molecule has 3 heterocycles. The molecule has 1 amide bonds. The lowest BCUT2D eigenvalue weighted by molar-refractivity contribution is -0.131. The number of anilines is 2. The first-order valence-electron chi connectivity index (χ1n) is 11.5. The fourth-order valence-corrected chi connectivity index (χ4v) is 4.40. The van der Waals surface area contributed by atoms with Crippen molar-refractivity contribution in [3.63, 3.8) is 0 Å². The van der Waals surface area contributed by atoms with Crippen molar-refractivity contribution in [2.75, 3.05) is 37.4 Å². The molecule has 1 saturated heterocycles. The molecule has 1 N–H and O–H groups in total. The van der Waals surface area contributed by atoms with E-state index in [9.17, 15) is 4.79 Å². The van der Waals surface area contributed by atoms with E-state index in [0.29, 0.717) is 6.42 Å². The van der Waals surface area contributed by atoms with Gasteiger partial charge in [-0.1, -0.05) is 18.2 Å². The normalized spacial score (nSPS) is 16.9. The molecule has 32 heavy (non-hydrogen) atoms. The zero-order chi connectivity index (χ0) is 22.9. The highest BCUT2D eigenvalue weighted by Crippen LogP contribution is 2.34. The van der Waals surface area contributed by atoms with E-state index in [0.717, 1.165) is 54.3 Å². The molecule has 0 aliphatic carbocycles. The number of nitrogens with zero attached hydrogens (tertiary/aromatic N) is 4. The molecular formula is C26H35N5O. The highest BCUT2D eigenvalue weighted by molar-refractivity contribution is 5.79. The van der Waals surface area contributed by atoms with Crippen molar-refractivity contribution < 1.29 is 4.79 Å². The minimum Gasteiger partial charge on any atom is -0.378 e. The van der Waals surface area contributed by atoms with Crippen molar-refractivity contribution in [1.29, 1.82) is 0 Å². The van der Waals surface area contributed by atoms with Crippen molar-refractivity contribution in [2.45, 2.75) is 51.5 Å². The predicted octanol–water partition coefficient (Wildman–Crippen LogP) is 4.56. The van der Waals surface area contributed by atoms with Gasteiger partial charge in [-0.3, -0.25) is 9.20 Å². The van der Waals surface area contributed by atoms with Gasteiger partial charge in [0.25, 0.3) is 0 Å². The molecule has 0 saturated carbocycles. The van der Waals surface area contributed by atoms with Crippen LogP contribution in [0.25, 0.3) is 5.65 Å². The average Bonchev–Trinajstić information content (AvgIpc) is 3.11. The Balaban J connectivity index is 1.53. The van der Waals surface area contributed by atoms with Crippen LogP contribution in [0.2, 0.25) is 0 Å². The van der Waals surface area contributed by atoms with E-state index in [2.05, 4.69) is 65.9 Å². The lowest BCUT2D eigenvalue weighted by atomic mass is 9.93. The van der Waals surface area contributed by atoms with Gasteiger partial charge in [0.1, 0.15) is 11.5 Å². The minimum absolute atomic E-state index is 0.0799. The van der Waals surface area contributed by atoms with Gasteiger partial charge in [0, 0.05) is 50.5 Å². The number of amides is 1. The molecule has 2 aromatic heterocycles. The van der Waals surface area contributed by atoms with Crippen molar-refractivity contribution >= 4 is 23.1 Å². The van der Waals surface area contributed by atoms with Crippen LogP contribution in [0, 0.1) is 0 Å². The molecule has 0 unspecified atom stereocenters. The second kappa shape index (κ2) is 8.85. The monoisotopic (exact) mass is 433 g/mol. The predicted molar refractivity (Wildman–Crippen MR) is 132 cm³/mol. The molecule has 6 heteroatoms. The number of likely N-dealkylation sites (tertiary alicyclic amines) is 1. The summed E-state index contributed by atoms with van der Waals surface area (Å²) in [4.78, 5) is 22.2. The summed E-state index contributed by atoms with van der Waals surface area (Å²) in [5.74, 6) is 1.47. The van der Waals surface area contributed by atoms with E-state index in [-0.39, 0.29) is 17.4 Å². The summed E-state index contributed by atoms with van der Waals surface area (Å²) < 4.78 is 2.13. The van der Waals surface area contributed by atoms with Crippen LogP contribution in [0.15, 0.2) is 48.7 Å². The number of piperidine rings is 1. The van der Waals surface area contributed by atoms with Crippen LogP contribution in [0.5, 0.6) is 0 Å². The maximum absolute atomic E-state index is 13.1. The Morgan fingerprint density at radius 2 is 1.91 bits per heavy atom. The molecule has 170 valence electrons. The fraction of sp³-hybridized carbons (Fsp3) is 0.462. The zero-order valence-electron chi connectivity index (χ0n) is 19.9. The van der Waals surface area contributed by atoms with E-state index in [1.807, 2.05) is 37.2 Å². The van der Waals surface area contributed by atoms with E-state index < -0.39 is 0 Å². The van der Waals surface area contributed by atoms with E-state index >= 15 is 0 Å². The van der Waals surface area contributed by atoms with E-state index in [4.69, 9.17) is 4.98 Å². The Bertz CT molecular complexity index is 1080. The molecule has 0 radical (unpaired) electrons. The lowest BCUT2D eigenvalue weighted by Crippen LogP contribution is -2.40.